The van der Waals surface area contributed by atoms with Crippen LogP contribution >= 0.6 is 11.6 Å². The number of primary amides is 1. The number of rotatable bonds is 5. The predicted octanol–water partition coefficient (Wildman–Crippen LogP) is 4.02. The molecule has 2 aromatic carbocycles. The van der Waals surface area contributed by atoms with E-state index in [2.05, 4.69) is 11.1 Å². The number of pyridine rings is 1. The van der Waals surface area contributed by atoms with Crippen LogP contribution in [0.3, 0.4) is 0 Å². The maximum atomic E-state index is 10.9. The Morgan fingerprint density at radius 3 is 2.42 bits per heavy atom. The van der Waals surface area contributed by atoms with Crippen LogP contribution in [-0.4, -0.2) is 10.9 Å². The van der Waals surface area contributed by atoms with Gasteiger partial charge in [-0.2, -0.15) is 0 Å². The van der Waals surface area contributed by atoms with E-state index in [1.807, 2.05) is 60.8 Å². The number of halogens is 1. The van der Waals surface area contributed by atoms with Crippen LogP contribution in [0.1, 0.15) is 16.7 Å². The highest BCUT2D eigenvalue weighted by Gasteiger charge is 2.04. The van der Waals surface area contributed by atoms with E-state index in [0.717, 1.165) is 23.2 Å². The molecule has 0 fully saturated rings. The Balaban J connectivity index is 1.78. The minimum absolute atomic E-state index is 0.272. The van der Waals surface area contributed by atoms with Crippen LogP contribution in [0.5, 0.6) is 0 Å². The molecule has 0 spiro atoms. The average Bonchev–Trinajstić information content (AvgIpc) is 2.56. The number of benzene rings is 2. The Morgan fingerprint density at radius 2 is 1.71 bits per heavy atom. The molecule has 3 aromatic rings. The Hall–Kier alpha value is -2.65. The van der Waals surface area contributed by atoms with Crippen molar-refractivity contribution in [1.29, 1.82) is 0 Å². The summed E-state index contributed by atoms with van der Waals surface area (Å²) in [7, 11) is 0. The average molecular weight is 337 g/mol. The molecule has 0 radical (unpaired) electrons. The van der Waals surface area contributed by atoms with Crippen molar-refractivity contribution >= 4 is 17.5 Å². The van der Waals surface area contributed by atoms with E-state index in [-0.39, 0.29) is 12.3 Å². The normalized spacial score (nSPS) is 10.5. The topological polar surface area (TPSA) is 56.0 Å². The van der Waals surface area contributed by atoms with Gasteiger partial charge in [-0.05, 0) is 47.4 Å². The lowest BCUT2D eigenvalue weighted by Gasteiger charge is -2.06. The molecule has 24 heavy (non-hydrogen) atoms. The molecule has 1 aromatic heterocycles. The van der Waals surface area contributed by atoms with Gasteiger partial charge in [0.15, 0.2) is 0 Å². The fraction of sp³-hybridized carbons (Fsp3) is 0.100. The standard InChI is InChI=1S/C20H17ClN2O/c21-18-3-1-2-17(13-18)19-11-16(8-9-23-19)10-14-4-6-15(7-5-14)12-20(22)24/h1-9,11,13H,10,12H2,(H2,22,24). The third-order valence-corrected chi connectivity index (χ3v) is 3.99. The lowest BCUT2D eigenvalue weighted by Crippen LogP contribution is -2.13. The smallest absolute Gasteiger partial charge is 0.221 e. The minimum atomic E-state index is -0.317. The number of hydrogen-bond donors (Lipinski definition) is 1. The van der Waals surface area contributed by atoms with Gasteiger partial charge in [-0.15, -0.1) is 0 Å². The maximum Gasteiger partial charge on any atom is 0.221 e. The zero-order chi connectivity index (χ0) is 16.9. The van der Waals surface area contributed by atoms with E-state index in [4.69, 9.17) is 17.3 Å². The molecule has 0 aliphatic rings. The van der Waals surface area contributed by atoms with Gasteiger partial charge < -0.3 is 5.73 Å². The van der Waals surface area contributed by atoms with Crippen LogP contribution in [0, 0.1) is 0 Å². The largest absolute Gasteiger partial charge is 0.369 e. The van der Waals surface area contributed by atoms with Crippen LogP contribution in [0.15, 0.2) is 66.9 Å². The number of hydrogen-bond acceptors (Lipinski definition) is 2. The van der Waals surface area contributed by atoms with Crippen LogP contribution in [0.4, 0.5) is 0 Å². The molecule has 3 nitrogen and oxygen atoms in total. The maximum absolute atomic E-state index is 10.9. The highest BCUT2D eigenvalue weighted by Crippen LogP contribution is 2.22. The lowest BCUT2D eigenvalue weighted by atomic mass is 10.0. The third kappa shape index (κ3) is 4.21. The molecule has 1 amide bonds. The SMILES string of the molecule is NC(=O)Cc1ccc(Cc2ccnc(-c3cccc(Cl)c3)c2)cc1. The Labute approximate surface area is 146 Å². The van der Waals surface area contributed by atoms with Gasteiger partial charge in [-0.3, -0.25) is 9.78 Å². The highest BCUT2D eigenvalue weighted by molar-refractivity contribution is 6.30. The first-order chi connectivity index (χ1) is 11.6. The van der Waals surface area contributed by atoms with Crippen molar-refractivity contribution in [3.8, 4) is 11.3 Å². The lowest BCUT2D eigenvalue weighted by molar-refractivity contribution is -0.117. The monoisotopic (exact) mass is 336 g/mol. The first-order valence-corrected chi connectivity index (χ1v) is 8.05. The molecular formula is C20H17ClN2O. The fourth-order valence-electron chi connectivity index (χ4n) is 2.60. The van der Waals surface area contributed by atoms with E-state index >= 15 is 0 Å². The van der Waals surface area contributed by atoms with Gasteiger partial charge in [0.1, 0.15) is 0 Å². The van der Waals surface area contributed by atoms with Gasteiger partial charge in [-0.1, -0.05) is 48.0 Å². The highest BCUT2D eigenvalue weighted by atomic mass is 35.5. The molecule has 3 rings (SSSR count). The second-order valence-corrected chi connectivity index (χ2v) is 6.13. The zero-order valence-electron chi connectivity index (χ0n) is 13.1. The first kappa shape index (κ1) is 16.2. The van der Waals surface area contributed by atoms with Crippen molar-refractivity contribution in [2.75, 3.05) is 0 Å². The van der Waals surface area contributed by atoms with Gasteiger partial charge >= 0.3 is 0 Å². The summed E-state index contributed by atoms with van der Waals surface area (Å²) in [6.07, 6.45) is 2.88. The molecular weight excluding hydrogens is 320 g/mol. The van der Waals surface area contributed by atoms with E-state index in [1.54, 1.807) is 0 Å². The van der Waals surface area contributed by atoms with Crippen molar-refractivity contribution in [3.05, 3.63) is 88.6 Å². The van der Waals surface area contributed by atoms with Crippen LogP contribution < -0.4 is 5.73 Å². The van der Waals surface area contributed by atoms with Gasteiger partial charge in [0, 0.05) is 16.8 Å². The molecule has 0 unspecified atom stereocenters. The van der Waals surface area contributed by atoms with Crippen LogP contribution in [-0.2, 0) is 17.6 Å². The summed E-state index contributed by atoms with van der Waals surface area (Å²) < 4.78 is 0. The molecule has 1 heterocycles. The Morgan fingerprint density at radius 1 is 0.958 bits per heavy atom. The third-order valence-electron chi connectivity index (χ3n) is 3.75. The molecule has 0 atom stereocenters. The van der Waals surface area contributed by atoms with Crippen LogP contribution in [0.2, 0.25) is 5.02 Å². The summed E-state index contributed by atoms with van der Waals surface area (Å²) in [5, 5.41) is 0.699. The van der Waals surface area contributed by atoms with Gasteiger partial charge in [0.05, 0.1) is 12.1 Å². The number of carbonyl (C=O) groups excluding carboxylic acids is 1. The molecule has 0 aliphatic carbocycles. The molecule has 0 saturated carbocycles. The molecule has 4 heteroatoms. The summed E-state index contributed by atoms with van der Waals surface area (Å²) in [6.45, 7) is 0. The summed E-state index contributed by atoms with van der Waals surface area (Å²) in [4.78, 5) is 15.4. The molecule has 0 aliphatic heterocycles. The molecule has 120 valence electrons. The molecule has 0 bridgehead atoms. The number of nitrogens with two attached hydrogens (primary N) is 1. The van der Waals surface area contributed by atoms with Crippen molar-refractivity contribution < 1.29 is 4.79 Å². The summed E-state index contributed by atoms with van der Waals surface area (Å²) in [5.74, 6) is -0.317. The van der Waals surface area contributed by atoms with Crippen LogP contribution in [0.25, 0.3) is 11.3 Å². The first-order valence-electron chi connectivity index (χ1n) is 7.67. The Bertz CT molecular complexity index is 860. The van der Waals surface area contributed by atoms with Gasteiger partial charge in [0.25, 0.3) is 0 Å². The fourth-order valence-corrected chi connectivity index (χ4v) is 2.79. The van der Waals surface area contributed by atoms with Crippen molar-refractivity contribution in [1.82, 2.24) is 4.98 Å². The van der Waals surface area contributed by atoms with Crippen molar-refractivity contribution in [3.63, 3.8) is 0 Å². The molecule has 2 N–H and O–H groups in total. The summed E-state index contributed by atoms with van der Waals surface area (Å²) in [6, 6.07) is 19.7. The summed E-state index contributed by atoms with van der Waals surface area (Å²) >= 11 is 6.05. The van der Waals surface area contributed by atoms with E-state index in [0.29, 0.717) is 5.02 Å². The second-order valence-electron chi connectivity index (χ2n) is 5.70. The number of aromatic nitrogens is 1. The van der Waals surface area contributed by atoms with E-state index in [1.165, 1.54) is 11.1 Å². The van der Waals surface area contributed by atoms with Gasteiger partial charge in [0.2, 0.25) is 5.91 Å². The Kier molecular flexibility index (Phi) is 4.92. The molecule has 0 saturated heterocycles. The predicted molar refractivity (Wildman–Crippen MR) is 96.8 cm³/mol. The van der Waals surface area contributed by atoms with Crippen molar-refractivity contribution in [2.45, 2.75) is 12.8 Å². The van der Waals surface area contributed by atoms with Gasteiger partial charge in [-0.25, -0.2) is 0 Å². The quantitative estimate of drug-likeness (QED) is 0.765. The number of carbonyl (C=O) groups is 1. The number of amides is 1. The summed E-state index contributed by atoms with van der Waals surface area (Å²) in [5.41, 5.74) is 10.4. The second kappa shape index (κ2) is 7.28. The van der Waals surface area contributed by atoms with E-state index in [9.17, 15) is 4.79 Å². The minimum Gasteiger partial charge on any atom is -0.369 e. The van der Waals surface area contributed by atoms with E-state index < -0.39 is 0 Å². The zero-order valence-corrected chi connectivity index (χ0v) is 13.8. The number of nitrogens with zero attached hydrogens (tertiary/aromatic N) is 1. The van der Waals surface area contributed by atoms with Crippen molar-refractivity contribution in [2.24, 2.45) is 5.73 Å².